The van der Waals surface area contributed by atoms with Gasteiger partial charge in [-0.25, -0.2) is 29.0 Å². The first-order chi connectivity index (χ1) is 56.0. The Morgan fingerprint density at radius 1 is 0.547 bits per heavy atom. The van der Waals surface area contributed by atoms with Crippen LogP contribution in [0.15, 0.2) is 108 Å². The van der Waals surface area contributed by atoms with Gasteiger partial charge in [-0.1, -0.05) is 36.4 Å². The van der Waals surface area contributed by atoms with Gasteiger partial charge in [0, 0.05) is 50.6 Å². The van der Waals surface area contributed by atoms with Crippen molar-refractivity contribution in [1.29, 1.82) is 0 Å². The zero-order valence-electron chi connectivity index (χ0n) is 64.6. The Morgan fingerprint density at radius 3 is 1.40 bits per heavy atom. The maximum atomic E-state index is 14.7. The highest BCUT2D eigenvalue weighted by Crippen LogP contribution is 2.45. The van der Waals surface area contributed by atoms with Gasteiger partial charge in [-0.15, -0.1) is 9.71 Å². The number of anilines is 2. The summed E-state index contributed by atoms with van der Waals surface area (Å²) < 4.78 is 74.7. The number of carboxylic acid groups (broad SMARTS) is 2. The molecule has 12 N–H and O–H groups in total. The second-order valence-corrected chi connectivity index (χ2v) is 28.7. The Morgan fingerprint density at radius 2 is 0.991 bits per heavy atom. The van der Waals surface area contributed by atoms with E-state index in [9.17, 15) is 89.4 Å². The van der Waals surface area contributed by atoms with E-state index < -0.39 is 147 Å². The van der Waals surface area contributed by atoms with Crippen LogP contribution < -0.4 is 48.9 Å². The molecule has 7 aliphatic rings. The number of carbonyl (C=O) groups excluding carboxylic acids is 6. The summed E-state index contributed by atoms with van der Waals surface area (Å²) in [4.78, 5) is 114. The molecule has 15 atom stereocenters. The van der Waals surface area contributed by atoms with Gasteiger partial charge >= 0.3 is 24.1 Å². The van der Waals surface area contributed by atoms with Crippen molar-refractivity contribution in [1.82, 2.24) is 20.4 Å². The number of carboxylic acids is 2. The van der Waals surface area contributed by atoms with Crippen LogP contribution in [-0.2, 0) is 56.0 Å². The first-order valence-electron chi connectivity index (χ1n) is 37.5. The molecule has 4 saturated heterocycles. The van der Waals surface area contributed by atoms with Crippen molar-refractivity contribution in [2.75, 3.05) is 110 Å². The van der Waals surface area contributed by atoms with E-state index in [-0.39, 0.29) is 169 Å². The van der Waals surface area contributed by atoms with Gasteiger partial charge in [-0.05, 0) is 93.5 Å². The van der Waals surface area contributed by atoms with E-state index in [4.69, 9.17) is 61.6 Å². The van der Waals surface area contributed by atoms with E-state index in [0.717, 1.165) is 9.80 Å². The number of carbonyl (C=O) groups is 8. The number of quaternary nitrogens is 1. The van der Waals surface area contributed by atoms with Crippen molar-refractivity contribution in [3.63, 3.8) is 0 Å². The number of hydrogen-bond acceptors (Lipinski definition) is 31. The fraction of sp³-hybridized carbons (Fsp3) is 0.506. The first-order valence-corrected chi connectivity index (χ1v) is 37.5. The van der Waals surface area contributed by atoms with Crippen molar-refractivity contribution >= 4 is 59.1 Å². The number of aliphatic carboxylic acids is 2. The fourth-order valence-corrected chi connectivity index (χ4v) is 14.2. The standard InChI is InChI=1S/C77H95N9O31/c1-39(2)86(18-15-80-81-86)19-24-109-26-25-108-23-17-79-67(94)47-30-43(12-14-53(47)115-75-63(92)59(88)61(90)65(117-75)73(101)102)38-113-77(104)85-49-34-57(55(107-7)32-45(49)69(96)83-36-41(4)28-51(83)71(85)98)111-21-10-8-9-20-110-56-33-48-44(31-54(56)106-6)68(95)82-35-40(3)27-50(82)70(97)84(48)76(103)112-37-42-11-13-52(46(29-42)66(93)78-16-22-105-5)114-74-62(91)58(87)60(89)64(116-74)72(99)100/h11-15,18,29-34,39,50-51,58-65,70-71,74-75,87-92,97-98H,3-4,8-10,16-17,19-28,35-38H2,1-2,5-7H3,(H3-,78,79,93,94,99,100,101,102)/p+1/t50-,51-,58-,59-,60-,61-,62+,63+,64-,65-,70?,71?,74+,75+,86?/m0/s1. The number of hydrogen-bond donors (Lipinski definition) is 12. The normalized spacial score (nSPS) is 25.9. The van der Waals surface area contributed by atoms with Gasteiger partial charge in [0.2, 0.25) is 12.6 Å². The summed E-state index contributed by atoms with van der Waals surface area (Å²) in [6.07, 6.45) is -21.0. The number of benzene rings is 4. The van der Waals surface area contributed by atoms with E-state index in [1.54, 1.807) is 6.20 Å². The quantitative estimate of drug-likeness (QED) is 0.0177. The number of amides is 6. The Balaban J connectivity index is 0.753. The lowest BCUT2D eigenvalue weighted by atomic mass is 9.99. The van der Waals surface area contributed by atoms with Crippen molar-refractivity contribution in [2.24, 2.45) is 10.3 Å². The third kappa shape index (κ3) is 19.5. The number of methoxy groups -OCH3 is 3. The number of nitrogens with one attached hydrogen (secondary N) is 2. The summed E-state index contributed by atoms with van der Waals surface area (Å²) in [5, 5.41) is 121. The maximum absolute atomic E-state index is 14.7. The van der Waals surface area contributed by atoms with Crippen LogP contribution in [0.5, 0.6) is 34.5 Å². The summed E-state index contributed by atoms with van der Waals surface area (Å²) in [7, 11) is 4.08. The van der Waals surface area contributed by atoms with Crippen LogP contribution in [0.3, 0.4) is 0 Å². The minimum absolute atomic E-state index is 0.000151. The van der Waals surface area contributed by atoms with Gasteiger partial charge in [0.25, 0.3) is 23.6 Å². The lowest BCUT2D eigenvalue weighted by molar-refractivity contribution is -0.908. The highest BCUT2D eigenvalue weighted by Gasteiger charge is 2.52. The van der Waals surface area contributed by atoms with Crippen molar-refractivity contribution in [3.8, 4) is 34.5 Å². The Kier molecular flexibility index (Phi) is 28.7. The van der Waals surface area contributed by atoms with E-state index in [1.807, 2.05) is 20.0 Å². The molecule has 0 aliphatic carbocycles. The molecule has 0 radical (unpaired) electrons. The highest BCUT2D eigenvalue weighted by molar-refractivity contribution is 6.07. The van der Waals surface area contributed by atoms with Gasteiger partial charge in [0.15, 0.2) is 47.7 Å². The Bertz CT molecular complexity index is 4400. The highest BCUT2D eigenvalue weighted by atomic mass is 16.7. The number of ether oxygens (including phenoxy) is 13. The smallest absolute Gasteiger partial charge is 0.416 e. The van der Waals surface area contributed by atoms with Crippen LogP contribution in [0.4, 0.5) is 21.0 Å². The zero-order valence-corrected chi connectivity index (χ0v) is 64.6. The number of rotatable bonds is 35. The molecule has 6 amide bonds. The summed E-state index contributed by atoms with van der Waals surface area (Å²) >= 11 is 0. The summed E-state index contributed by atoms with van der Waals surface area (Å²) in [5.74, 6) is -6.40. The largest absolute Gasteiger partial charge is 0.493 e. The number of nitrogens with zero attached hydrogens (tertiary/aromatic N) is 7. The molecular weight excluding hydrogens is 1550 g/mol. The molecule has 7 aliphatic heterocycles. The van der Waals surface area contributed by atoms with E-state index in [1.165, 1.54) is 91.8 Å². The van der Waals surface area contributed by atoms with Gasteiger partial charge < -0.3 is 133 Å². The molecule has 3 unspecified atom stereocenters. The zero-order chi connectivity index (χ0) is 84.3. The minimum Gasteiger partial charge on any atom is -0.493 e. The second kappa shape index (κ2) is 38.6. The summed E-state index contributed by atoms with van der Waals surface area (Å²) in [6, 6.07) is 11.3. The average molecular weight is 1640 g/mol. The van der Waals surface area contributed by atoms with Crippen LogP contribution in [0.1, 0.15) is 98.5 Å². The van der Waals surface area contributed by atoms with Crippen molar-refractivity contribution < 1.29 is 156 Å². The lowest BCUT2D eigenvalue weighted by Gasteiger charge is -2.38. The average Bonchev–Trinajstić information content (AvgIpc) is 1.60. The molecule has 0 aromatic heterocycles. The molecule has 0 saturated carbocycles. The molecule has 40 nitrogen and oxygen atoms in total. The van der Waals surface area contributed by atoms with E-state index in [0.29, 0.717) is 43.6 Å². The SMILES string of the molecule is C=C1C[C@H]2C(O)N(C(=O)OCc3ccc(O[C@@H]4O[C@H](C(=O)O)[C@@H](O)[C@H](O)[C@H]4O)c(C(=O)NCCOC)c3)c3cc(OCCCCCOc4cc5c(cc4OC)C(=O)N4CC(=C)C[C@H]4C(O)N5C(=O)OCc4ccc(O[C@@H]5O[C@H](C(=O)O)[C@@H](O)[C@H](O)[C@H]5O)c(C(=O)NCCOCCOCC[N+]5(C(C)C)C=CN=N5)c4)c(OC)cc3C(=O)N2C1. The molecule has 4 fully saturated rings. The summed E-state index contributed by atoms with van der Waals surface area (Å²) in [5.41, 5.74) is 0.590. The summed E-state index contributed by atoms with van der Waals surface area (Å²) in [6.45, 7) is 12.4. The number of aliphatic hydroxyl groups excluding tert-OH is 8. The predicted octanol–water partition coefficient (Wildman–Crippen LogP) is 1.58. The lowest BCUT2D eigenvalue weighted by Crippen LogP contribution is -2.61. The second-order valence-electron chi connectivity index (χ2n) is 28.7. The van der Waals surface area contributed by atoms with Gasteiger partial charge in [0.05, 0.1) is 106 Å². The number of aliphatic hydroxyl groups is 8. The van der Waals surface area contributed by atoms with Crippen LogP contribution in [-0.4, -0.2) is 306 Å². The van der Waals surface area contributed by atoms with E-state index >= 15 is 0 Å². The molecule has 0 bridgehead atoms. The molecule has 634 valence electrons. The first kappa shape index (κ1) is 87.1. The Labute approximate surface area is 669 Å². The molecule has 117 heavy (non-hydrogen) atoms. The third-order valence-electron chi connectivity index (χ3n) is 20.6. The van der Waals surface area contributed by atoms with Crippen LogP contribution in [0, 0.1) is 0 Å². The predicted molar refractivity (Wildman–Crippen MR) is 401 cm³/mol. The van der Waals surface area contributed by atoms with Gasteiger partial charge in [0.1, 0.15) is 86.3 Å². The number of unbranched alkanes of at least 4 members (excludes halogenated alkanes) is 2. The fourth-order valence-electron chi connectivity index (χ4n) is 14.2. The van der Waals surface area contributed by atoms with Crippen LogP contribution in [0.2, 0.25) is 0 Å². The topological polar surface area (TPSA) is 521 Å². The molecule has 11 rings (SSSR count). The van der Waals surface area contributed by atoms with Gasteiger partial charge in [-0.2, -0.15) is 0 Å². The van der Waals surface area contributed by atoms with Crippen LogP contribution >= 0.6 is 0 Å². The molecular formula is C77H96N9O31+. The van der Waals surface area contributed by atoms with Gasteiger partial charge in [-0.3, -0.25) is 19.2 Å². The Hall–Kier alpha value is -10.7. The third-order valence-corrected chi connectivity index (χ3v) is 20.6. The molecule has 40 heteroatoms. The van der Waals surface area contributed by atoms with Crippen LogP contribution in [0.25, 0.3) is 0 Å². The monoisotopic (exact) mass is 1640 g/mol. The molecule has 7 heterocycles. The van der Waals surface area contributed by atoms with E-state index in [2.05, 4.69) is 34.1 Å². The maximum Gasteiger partial charge on any atom is 0.416 e. The molecule has 4 aromatic rings. The number of fused-ring (bicyclic) bond motifs is 4. The molecule has 0 spiro atoms. The molecule has 4 aromatic carbocycles. The van der Waals surface area contributed by atoms with Crippen molar-refractivity contribution in [2.45, 2.75) is 151 Å². The minimum atomic E-state index is -2.05. The van der Waals surface area contributed by atoms with Crippen molar-refractivity contribution in [3.05, 3.63) is 131 Å².